The Morgan fingerprint density at radius 3 is 2.50 bits per heavy atom. The lowest BCUT2D eigenvalue weighted by molar-refractivity contribution is 0.399. The Labute approximate surface area is 83.7 Å². The summed E-state index contributed by atoms with van der Waals surface area (Å²) in [4.78, 5) is 7.93. The summed E-state index contributed by atoms with van der Waals surface area (Å²) in [5.41, 5.74) is 6.13. The number of hydrogen-bond donors (Lipinski definition) is 2. The molecule has 3 N–H and O–H groups in total. The van der Waals surface area contributed by atoms with Gasteiger partial charge in [-0.25, -0.2) is 4.98 Å². The van der Waals surface area contributed by atoms with Crippen LogP contribution in [0.2, 0.25) is 0 Å². The van der Waals surface area contributed by atoms with Crippen LogP contribution in [0, 0.1) is 0 Å². The van der Waals surface area contributed by atoms with Gasteiger partial charge in [0.15, 0.2) is 5.82 Å². The predicted octanol–water partition coefficient (Wildman–Crippen LogP) is 1.28. The molecule has 0 aliphatic rings. The summed E-state index contributed by atoms with van der Waals surface area (Å²) in [6.45, 7) is 6.09. The van der Waals surface area contributed by atoms with Gasteiger partial charge in [-0.1, -0.05) is 0 Å². The van der Waals surface area contributed by atoms with Crippen molar-refractivity contribution in [2.24, 2.45) is 0 Å². The maximum absolute atomic E-state index is 5.79. The van der Waals surface area contributed by atoms with Crippen LogP contribution in [0.5, 0.6) is 5.88 Å². The highest BCUT2D eigenvalue weighted by atomic mass is 16.5. The Balaban J connectivity index is 2.98. The van der Waals surface area contributed by atoms with Crippen LogP contribution in [0.4, 0.5) is 11.5 Å². The van der Waals surface area contributed by atoms with Crippen molar-refractivity contribution in [2.75, 3.05) is 18.2 Å². The van der Waals surface area contributed by atoms with Gasteiger partial charge in [0.25, 0.3) is 0 Å². The maximum Gasteiger partial charge on any atom is 0.242 e. The third-order valence-corrected chi connectivity index (χ3v) is 1.53. The van der Waals surface area contributed by atoms with Gasteiger partial charge < -0.3 is 15.8 Å². The molecule has 1 heterocycles. The van der Waals surface area contributed by atoms with E-state index in [1.165, 1.54) is 13.4 Å². The van der Waals surface area contributed by atoms with Crippen molar-refractivity contribution in [1.29, 1.82) is 0 Å². The molecule has 0 atom stereocenters. The molecule has 0 saturated carbocycles. The molecule has 0 amide bonds. The smallest absolute Gasteiger partial charge is 0.242 e. The quantitative estimate of drug-likeness (QED) is 0.745. The average molecular weight is 196 g/mol. The van der Waals surface area contributed by atoms with E-state index in [-0.39, 0.29) is 5.54 Å². The minimum absolute atomic E-state index is 0.0898. The first-order valence-electron chi connectivity index (χ1n) is 4.36. The van der Waals surface area contributed by atoms with Gasteiger partial charge in [0.1, 0.15) is 12.0 Å². The zero-order chi connectivity index (χ0) is 10.8. The van der Waals surface area contributed by atoms with Crippen LogP contribution in [0.1, 0.15) is 20.8 Å². The Morgan fingerprint density at radius 2 is 2.00 bits per heavy atom. The van der Waals surface area contributed by atoms with Crippen LogP contribution in [0.3, 0.4) is 0 Å². The fourth-order valence-electron chi connectivity index (χ4n) is 0.997. The first kappa shape index (κ1) is 10.6. The molecule has 1 rings (SSSR count). The summed E-state index contributed by atoms with van der Waals surface area (Å²) < 4.78 is 4.98. The SMILES string of the molecule is COc1ncnc(NC(C)(C)C)c1N. The molecule has 0 unspecified atom stereocenters. The Hall–Kier alpha value is -1.52. The van der Waals surface area contributed by atoms with E-state index in [1.54, 1.807) is 0 Å². The molecule has 78 valence electrons. The first-order valence-corrected chi connectivity index (χ1v) is 4.36. The molecule has 1 aromatic rings. The van der Waals surface area contributed by atoms with Crippen molar-refractivity contribution in [3.63, 3.8) is 0 Å². The number of nitrogen functional groups attached to an aromatic ring is 1. The van der Waals surface area contributed by atoms with E-state index >= 15 is 0 Å². The van der Waals surface area contributed by atoms with Crippen molar-refractivity contribution in [3.05, 3.63) is 6.33 Å². The van der Waals surface area contributed by atoms with E-state index in [1.807, 2.05) is 20.8 Å². The number of anilines is 2. The van der Waals surface area contributed by atoms with Crippen molar-refractivity contribution >= 4 is 11.5 Å². The van der Waals surface area contributed by atoms with Gasteiger partial charge >= 0.3 is 0 Å². The first-order chi connectivity index (χ1) is 6.44. The minimum atomic E-state index is -0.0898. The van der Waals surface area contributed by atoms with Crippen LogP contribution in [0.15, 0.2) is 6.33 Å². The monoisotopic (exact) mass is 196 g/mol. The lowest BCUT2D eigenvalue weighted by Crippen LogP contribution is -2.27. The molecule has 14 heavy (non-hydrogen) atoms. The third-order valence-electron chi connectivity index (χ3n) is 1.53. The molecular weight excluding hydrogens is 180 g/mol. The van der Waals surface area contributed by atoms with Crippen molar-refractivity contribution in [2.45, 2.75) is 26.3 Å². The molecular formula is C9H16N4O. The number of ether oxygens (including phenoxy) is 1. The maximum atomic E-state index is 5.79. The Morgan fingerprint density at radius 1 is 1.36 bits per heavy atom. The molecule has 0 aliphatic heterocycles. The zero-order valence-corrected chi connectivity index (χ0v) is 8.96. The molecule has 0 fully saturated rings. The van der Waals surface area contributed by atoms with E-state index in [4.69, 9.17) is 10.5 Å². The number of rotatable bonds is 2. The van der Waals surface area contributed by atoms with E-state index in [0.717, 1.165) is 0 Å². The lowest BCUT2D eigenvalue weighted by atomic mass is 10.1. The normalized spacial score (nSPS) is 11.1. The number of hydrogen-bond acceptors (Lipinski definition) is 5. The predicted molar refractivity (Wildman–Crippen MR) is 56.4 cm³/mol. The minimum Gasteiger partial charge on any atom is -0.479 e. The lowest BCUT2D eigenvalue weighted by Gasteiger charge is -2.22. The van der Waals surface area contributed by atoms with E-state index < -0.39 is 0 Å². The topological polar surface area (TPSA) is 73.1 Å². The van der Waals surface area contributed by atoms with Crippen LogP contribution in [-0.4, -0.2) is 22.6 Å². The number of nitrogens with zero attached hydrogens (tertiary/aromatic N) is 2. The zero-order valence-electron chi connectivity index (χ0n) is 8.96. The van der Waals surface area contributed by atoms with E-state index in [9.17, 15) is 0 Å². The van der Waals surface area contributed by atoms with Gasteiger partial charge in [0.2, 0.25) is 5.88 Å². The number of aromatic nitrogens is 2. The van der Waals surface area contributed by atoms with Crippen LogP contribution >= 0.6 is 0 Å². The summed E-state index contributed by atoms with van der Waals surface area (Å²) in [5, 5.41) is 3.17. The van der Waals surface area contributed by atoms with Gasteiger partial charge in [0, 0.05) is 5.54 Å². The van der Waals surface area contributed by atoms with E-state index in [2.05, 4.69) is 15.3 Å². The molecule has 0 radical (unpaired) electrons. The summed E-state index contributed by atoms with van der Waals surface area (Å²) >= 11 is 0. The van der Waals surface area contributed by atoms with Crippen molar-refractivity contribution < 1.29 is 4.74 Å². The Bertz CT molecular complexity index is 319. The highest BCUT2D eigenvalue weighted by Crippen LogP contribution is 2.26. The fourth-order valence-corrected chi connectivity index (χ4v) is 0.997. The molecule has 0 aromatic carbocycles. The number of nitrogens with one attached hydrogen (secondary N) is 1. The van der Waals surface area contributed by atoms with Crippen LogP contribution in [0.25, 0.3) is 0 Å². The molecule has 0 saturated heterocycles. The third kappa shape index (κ3) is 2.48. The molecule has 1 aromatic heterocycles. The van der Waals surface area contributed by atoms with Gasteiger partial charge in [-0.05, 0) is 20.8 Å². The average Bonchev–Trinajstić information content (AvgIpc) is 2.06. The number of methoxy groups -OCH3 is 1. The summed E-state index contributed by atoms with van der Waals surface area (Å²) in [7, 11) is 1.53. The molecule has 5 heteroatoms. The molecule has 5 nitrogen and oxygen atoms in total. The number of nitrogens with two attached hydrogens (primary N) is 1. The highest BCUT2D eigenvalue weighted by Gasteiger charge is 2.14. The molecule has 0 bridgehead atoms. The molecule has 0 spiro atoms. The summed E-state index contributed by atoms with van der Waals surface area (Å²) in [5.74, 6) is 0.996. The van der Waals surface area contributed by atoms with Gasteiger partial charge in [-0.3, -0.25) is 0 Å². The second-order valence-corrected chi connectivity index (χ2v) is 4.02. The largest absolute Gasteiger partial charge is 0.479 e. The Kier molecular flexibility index (Phi) is 2.78. The molecule has 0 aliphatic carbocycles. The summed E-state index contributed by atoms with van der Waals surface area (Å²) in [6, 6.07) is 0. The standard InChI is InChI=1S/C9H16N4O/c1-9(2,3)13-7-6(10)8(14-4)12-5-11-7/h5H,10H2,1-4H3,(H,11,12,13). The second kappa shape index (κ2) is 3.69. The van der Waals surface area contributed by atoms with Crippen molar-refractivity contribution in [1.82, 2.24) is 9.97 Å². The van der Waals surface area contributed by atoms with Crippen LogP contribution < -0.4 is 15.8 Å². The van der Waals surface area contributed by atoms with Crippen LogP contribution in [-0.2, 0) is 0 Å². The summed E-state index contributed by atoms with van der Waals surface area (Å²) in [6.07, 6.45) is 1.42. The highest BCUT2D eigenvalue weighted by molar-refractivity contribution is 5.66. The van der Waals surface area contributed by atoms with Gasteiger partial charge in [-0.15, -0.1) is 0 Å². The van der Waals surface area contributed by atoms with Crippen molar-refractivity contribution in [3.8, 4) is 5.88 Å². The van der Waals surface area contributed by atoms with Gasteiger partial charge in [-0.2, -0.15) is 4.98 Å². The van der Waals surface area contributed by atoms with E-state index in [0.29, 0.717) is 17.4 Å². The fraction of sp³-hybridized carbons (Fsp3) is 0.556. The van der Waals surface area contributed by atoms with Gasteiger partial charge in [0.05, 0.1) is 7.11 Å². The second-order valence-electron chi connectivity index (χ2n) is 4.02.